The summed E-state index contributed by atoms with van der Waals surface area (Å²) in [5, 5.41) is 12.0. The van der Waals surface area contributed by atoms with Crippen LogP contribution in [0.4, 0.5) is 0 Å². The van der Waals surface area contributed by atoms with Crippen LogP contribution in [0, 0.1) is 17.2 Å². The van der Waals surface area contributed by atoms with Gasteiger partial charge in [0.15, 0.2) is 0 Å². The second kappa shape index (κ2) is 5.55. The maximum absolute atomic E-state index is 8.68. The summed E-state index contributed by atoms with van der Waals surface area (Å²) in [7, 11) is 0. The molecule has 0 saturated heterocycles. The summed E-state index contributed by atoms with van der Waals surface area (Å²) in [6, 6.07) is 7.95. The highest BCUT2D eigenvalue weighted by Crippen LogP contribution is 2.26. The molecule has 1 heterocycles. The van der Waals surface area contributed by atoms with Crippen LogP contribution in [0.2, 0.25) is 0 Å². The molecule has 0 spiro atoms. The Morgan fingerprint density at radius 3 is 3.29 bits per heavy atom. The lowest BCUT2D eigenvalue weighted by Crippen LogP contribution is -2.16. The zero-order valence-corrected chi connectivity index (χ0v) is 9.90. The normalized spacial score (nSPS) is 16.0. The van der Waals surface area contributed by atoms with E-state index in [9.17, 15) is 0 Å². The number of nitriles is 1. The summed E-state index contributed by atoms with van der Waals surface area (Å²) in [4.78, 5) is 0. The van der Waals surface area contributed by atoms with Gasteiger partial charge in [-0.1, -0.05) is 6.07 Å². The van der Waals surface area contributed by atoms with Gasteiger partial charge in [0.05, 0.1) is 12.0 Å². The average molecular weight is 232 g/mol. The molecule has 2 rings (SSSR count). The fourth-order valence-electron chi connectivity index (χ4n) is 1.62. The zero-order valence-electron chi connectivity index (χ0n) is 9.90. The molecule has 0 amide bonds. The predicted octanol–water partition coefficient (Wildman–Crippen LogP) is 1.71. The number of fused-ring (bicyclic) bond motifs is 1. The van der Waals surface area contributed by atoms with Crippen LogP contribution in [0.1, 0.15) is 12.5 Å². The molecule has 1 aliphatic heterocycles. The average Bonchev–Trinajstić information content (AvgIpc) is 2.60. The molecule has 4 heteroatoms. The third-order valence-corrected chi connectivity index (χ3v) is 2.61. The van der Waals surface area contributed by atoms with Crippen molar-refractivity contribution in [1.29, 1.82) is 5.26 Å². The van der Waals surface area contributed by atoms with Gasteiger partial charge >= 0.3 is 0 Å². The van der Waals surface area contributed by atoms with E-state index < -0.39 is 0 Å². The smallest absolute Gasteiger partial charge is 0.127 e. The Kier molecular flexibility index (Phi) is 3.84. The van der Waals surface area contributed by atoms with Crippen LogP contribution in [0.5, 0.6) is 11.5 Å². The number of hydrogen-bond acceptors (Lipinski definition) is 4. The molecule has 0 saturated carbocycles. The molecule has 1 N–H and O–H groups in total. The van der Waals surface area contributed by atoms with Gasteiger partial charge in [0, 0.05) is 24.7 Å². The standard InChI is InChI=1S/C13H16N2O2/c1-10(7-14)9-17-12-3-2-11-8-15-4-5-16-13(11)6-12/h2-3,6,10,15H,4-5,8-9H2,1H3. The van der Waals surface area contributed by atoms with Crippen molar-refractivity contribution in [3.63, 3.8) is 0 Å². The van der Waals surface area contributed by atoms with E-state index in [4.69, 9.17) is 14.7 Å². The molecule has 0 fully saturated rings. The highest BCUT2D eigenvalue weighted by molar-refractivity contribution is 5.41. The molecule has 0 aliphatic carbocycles. The Morgan fingerprint density at radius 1 is 1.59 bits per heavy atom. The van der Waals surface area contributed by atoms with E-state index in [1.807, 2.05) is 25.1 Å². The van der Waals surface area contributed by atoms with Crippen molar-refractivity contribution in [2.45, 2.75) is 13.5 Å². The van der Waals surface area contributed by atoms with Crippen LogP contribution in [-0.2, 0) is 6.54 Å². The molecular weight excluding hydrogens is 216 g/mol. The van der Waals surface area contributed by atoms with E-state index in [1.165, 1.54) is 0 Å². The van der Waals surface area contributed by atoms with Gasteiger partial charge in [-0.05, 0) is 13.0 Å². The number of nitrogens with one attached hydrogen (secondary N) is 1. The minimum Gasteiger partial charge on any atom is -0.492 e. The Bertz CT molecular complexity index is 426. The van der Waals surface area contributed by atoms with Gasteiger partial charge in [0.25, 0.3) is 0 Å². The summed E-state index contributed by atoms with van der Waals surface area (Å²) >= 11 is 0. The Labute approximate surface area is 101 Å². The van der Waals surface area contributed by atoms with Crippen molar-refractivity contribution >= 4 is 0 Å². The molecule has 0 aromatic heterocycles. The number of ether oxygens (including phenoxy) is 2. The fourth-order valence-corrected chi connectivity index (χ4v) is 1.62. The first kappa shape index (κ1) is 11.7. The van der Waals surface area contributed by atoms with Crippen LogP contribution in [0.25, 0.3) is 0 Å². The summed E-state index contributed by atoms with van der Waals surface area (Å²) < 4.78 is 11.2. The topological polar surface area (TPSA) is 54.3 Å². The zero-order chi connectivity index (χ0) is 12.1. The maximum Gasteiger partial charge on any atom is 0.127 e. The lowest BCUT2D eigenvalue weighted by Gasteiger charge is -2.11. The Hall–Kier alpha value is -1.73. The van der Waals surface area contributed by atoms with E-state index in [-0.39, 0.29) is 5.92 Å². The summed E-state index contributed by atoms with van der Waals surface area (Å²) in [6.07, 6.45) is 0. The van der Waals surface area contributed by atoms with Gasteiger partial charge in [-0.3, -0.25) is 0 Å². The van der Waals surface area contributed by atoms with Crippen LogP contribution in [-0.4, -0.2) is 19.8 Å². The van der Waals surface area contributed by atoms with E-state index in [2.05, 4.69) is 11.4 Å². The minimum atomic E-state index is -0.101. The lowest BCUT2D eigenvalue weighted by molar-refractivity contribution is 0.283. The summed E-state index contributed by atoms with van der Waals surface area (Å²) in [6.45, 7) is 4.60. The van der Waals surface area contributed by atoms with Crippen molar-refractivity contribution < 1.29 is 9.47 Å². The highest BCUT2D eigenvalue weighted by atomic mass is 16.5. The van der Waals surface area contributed by atoms with Crippen molar-refractivity contribution in [2.75, 3.05) is 19.8 Å². The Balaban J connectivity index is 2.05. The van der Waals surface area contributed by atoms with Crippen LogP contribution in [0.15, 0.2) is 18.2 Å². The first-order valence-electron chi connectivity index (χ1n) is 5.78. The molecule has 1 aromatic carbocycles. The number of benzene rings is 1. The first-order chi connectivity index (χ1) is 8.29. The largest absolute Gasteiger partial charge is 0.492 e. The summed E-state index contributed by atoms with van der Waals surface area (Å²) in [5.41, 5.74) is 1.14. The molecule has 1 aromatic rings. The number of rotatable bonds is 3. The third-order valence-electron chi connectivity index (χ3n) is 2.61. The van der Waals surface area contributed by atoms with Gasteiger partial charge in [-0.15, -0.1) is 0 Å². The first-order valence-corrected chi connectivity index (χ1v) is 5.78. The van der Waals surface area contributed by atoms with Crippen molar-refractivity contribution in [3.8, 4) is 17.6 Å². The quantitative estimate of drug-likeness (QED) is 0.862. The van der Waals surface area contributed by atoms with Crippen LogP contribution < -0.4 is 14.8 Å². The van der Waals surface area contributed by atoms with Crippen molar-refractivity contribution in [1.82, 2.24) is 5.32 Å². The van der Waals surface area contributed by atoms with Gasteiger partial charge in [-0.2, -0.15) is 5.26 Å². The van der Waals surface area contributed by atoms with Crippen molar-refractivity contribution in [2.24, 2.45) is 5.92 Å². The minimum absolute atomic E-state index is 0.101. The van der Waals surface area contributed by atoms with Gasteiger partial charge in [0.2, 0.25) is 0 Å². The molecule has 90 valence electrons. The second-order valence-electron chi connectivity index (χ2n) is 4.14. The monoisotopic (exact) mass is 232 g/mol. The molecule has 4 nitrogen and oxygen atoms in total. The molecule has 1 aliphatic rings. The highest BCUT2D eigenvalue weighted by Gasteiger charge is 2.10. The molecular formula is C13H16N2O2. The van der Waals surface area contributed by atoms with E-state index >= 15 is 0 Å². The molecule has 1 atom stereocenters. The SMILES string of the molecule is CC(C#N)COc1ccc2c(c1)OCCNC2. The van der Waals surface area contributed by atoms with Crippen LogP contribution in [0.3, 0.4) is 0 Å². The maximum atomic E-state index is 8.68. The molecule has 17 heavy (non-hydrogen) atoms. The van der Waals surface area contributed by atoms with Crippen LogP contribution >= 0.6 is 0 Å². The number of hydrogen-bond donors (Lipinski definition) is 1. The van der Waals surface area contributed by atoms with E-state index in [1.54, 1.807) is 0 Å². The molecule has 0 radical (unpaired) electrons. The van der Waals surface area contributed by atoms with Gasteiger partial charge in [0.1, 0.15) is 24.7 Å². The lowest BCUT2D eigenvalue weighted by atomic mass is 10.2. The van der Waals surface area contributed by atoms with Gasteiger partial charge < -0.3 is 14.8 Å². The Morgan fingerprint density at radius 2 is 2.47 bits per heavy atom. The van der Waals surface area contributed by atoms with Gasteiger partial charge in [-0.25, -0.2) is 0 Å². The predicted molar refractivity (Wildman–Crippen MR) is 63.9 cm³/mol. The van der Waals surface area contributed by atoms with E-state index in [0.29, 0.717) is 13.2 Å². The second-order valence-corrected chi connectivity index (χ2v) is 4.14. The summed E-state index contributed by atoms with van der Waals surface area (Å²) in [5.74, 6) is 1.53. The van der Waals surface area contributed by atoms with Crippen molar-refractivity contribution in [3.05, 3.63) is 23.8 Å². The fraction of sp³-hybridized carbons (Fsp3) is 0.462. The van der Waals surface area contributed by atoms with E-state index in [0.717, 1.165) is 30.2 Å². The number of nitrogens with zero attached hydrogens (tertiary/aromatic N) is 1. The molecule has 0 bridgehead atoms. The third kappa shape index (κ3) is 3.11. The molecule has 1 unspecified atom stereocenters.